The lowest BCUT2D eigenvalue weighted by atomic mass is 10.0. The summed E-state index contributed by atoms with van der Waals surface area (Å²) in [7, 11) is 1.47. The zero-order chi connectivity index (χ0) is 13.0. The molecule has 2 aromatic carbocycles. The third kappa shape index (κ3) is 2.69. The number of hydrogen-bond acceptors (Lipinski definition) is 2. The van der Waals surface area contributed by atoms with Crippen molar-refractivity contribution in [1.29, 1.82) is 0 Å². The molecule has 1 N–H and O–H groups in total. The second-order valence-corrected chi connectivity index (χ2v) is 4.00. The highest BCUT2D eigenvalue weighted by Gasteiger charge is 2.11. The van der Waals surface area contributed by atoms with Crippen molar-refractivity contribution in [2.75, 3.05) is 7.11 Å². The van der Waals surface area contributed by atoms with Gasteiger partial charge in [0.05, 0.1) is 7.11 Å². The topological polar surface area (TPSA) is 46.5 Å². The predicted octanol–water partition coefficient (Wildman–Crippen LogP) is 2.98. The maximum Gasteiger partial charge on any atom is 0.339 e. The monoisotopic (exact) mass is 242 g/mol. The van der Waals surface area contributed by atoms with Gasteiger partial charge in [0.25, 0.3) is 0 Å². The fourth-order valence-electron chi connectivity index (χ4n) is 1.86. The molecule has 0 spiro atoms. The van der Waals surface area contributed by atoms with Crippen LogP contribution in [0, 0.1) is 0 Å². The highest BCUT2D eigenvalue weighted by atomic mass is 16.5. The highest BCUT2D eigenvalue weighted by Crippen LogP contribution is 2.21. The van der Waals surface area contributed by atoms with Crippen molar-refractivity contribution >= 4 is 5.97 Å². The molecule has 0 fully saturated rings. The van der Waals surface area contributed by atoms with Crippen LogP contribution >= 0.6 is 0 Å². The van der Waals surface area contributed by atoms with Gasteiger partial charge in [-0.2, -0.15) is 0 Å². The Morgan fingerprint density at radius 2 is 1.83 bits per heavy atom. The van der Waals surface area contributed by atoms with E-state index in [4.69, 9.17) is 9.84 Å². The molecule has 0 bridgehead atoms. The average molecular weight is 242 g/mol. The molecule has 2 aromatic rings. The van der Waals surface area contributed by atoms with E-state index in [1.807, 2.05) is 36.4 Å². The third-order valence-corrected chi connectivity index (χ3v) is 2.75. The number of ether oxygens (including phenoxy) is 1. The summed E-state index contributed by atoms with van der Waals surface area (Å²) in [5, 5.41) is 9.11. The Hall–Kier alpha value is -2.29. The zero-order valence-corrected chi connectivity index (χ0v) is 10.1. The van der Waals surface area contributed by atoms with Crippen LogP contribution in [-0.2, 0) is 6.42 Å². The molecule has 0 saturated heterocycles. The van der Waals surface area contributed by atoms with Crippen LogP contribution in [0.1, 0.15) is 21.5 Å². The van der Waals surface area contributed by atoms with Gasteiger partial charge in [-0.1, -0.05) is 36.4 Å². The van der Waals surface area contributed by atoms with Crippen LogP contribution in [0.5, 0.6) is 5.75 Å². The van der Waals surface area contributed by atoms with E-state index in [1.54, 1.807) is 12.1 Å². The molecule has 18 heavy (non-hydrogen) atoms. The van der Waals surface area contributed by atoms with Gasteiger partial charge < -0.3 is 9.84 Å². The first-order valence-electron chi connectivity index (χ1n) is 5.65. The minimum absolute atomic E-state index is 0.200. The van der Waals surface area contributed by atoms with E-state index in [2.05, 4.69) is 0 Å². The summed E-state index contributed by atoms with van der Waals surface area (Å²) in [6, 6.07) is 15.2. The Balaban J connectivity index is 2.30. The third-order valence-electron chi connectivity index (χ3n) is 2.75. The Labute approximate surface area is 106 Å². The van der Waals surface area contributed by atoms with Crippen molar-refractivity contribution in [3.63, 3.8) is 0 Å². The predicted molar refractivity (Wildman–Crippen MR) is 69.2 cm³/mol. The number of rotatable bonds is 4. The summed E-state index contributed by atoms with van der Waals surface area (Å²) < 4.78 is 5.03. The molecule has 92 valence electrons. The van der Waals surface area contributed by atoms with Gasteiger partial charge in [-0.15, -0.1) is 0 Å². The molecular formula is C15H14O3. The van der Waals surface area contributed by atoms with Crippen LogP contribution in [0.4, 0.5) is 0 Å². The Bertz CT molecular complexity index is 547. The van der Waals surface area contributed by atoms with Crippen LogP contribution in [0.2, 0.25) is 0 Å². The van der Waals surface area contributed by atoms with E-state index in [0.717, 1.165) is 11.1 Å². The van der Waals surface area contributed by atoms with Gasteiger partial charge in [0.2, 0.25) is 0 Å². The van der Waals surface area contributed by atoms with Crippen molar-refractivity contribution in [2.24, 2.45) is 0 Å². The van der Waals surface area contributed by atoms with E-state index in [9.17, 15) is 4.79 Å². The molecule has 0 radical (unpaired) electrons. The van der Waals surface area contributed by atoms with Crippen molar-refractivity contribution in [1.82, 2.24) is 0 Å². The van der Waals surface area contributed by atoms with E-state index in [1.165, 1.54) is 7.11 Å². The standard InChI is InChI=1S/C15H14O3/c1-18-14-8-7-12(10-13(14)15(16)17)9-11-5-3-2-4-6-11/h2-8,10H,9H2,1H3,(H,16,17). The first kappa shape index (κ1) is 12.2. The molecule has 0 saturated carbocycles. The second kappa shape index (κ2) is 5.36. The Morgan fingerprint density at radius 1 is 1.11 bits per heavy atom. The van der Waals surface area contributed by atoms with Gasteiger partial charge in [0, 0.05) is 0 Å². The highest BCUT2D eigenvalue weighted by molar-refractivity contribution is 5.91. The van der Waals surface area contributed by atoms with Gasteiger partial charge >= 0.3 is 5.97 Å². The first-order valence-corrected chi connectivity index (χ1v) is 5.65. The summed E-state index contributed by atoms with van der Waals surface area (Å²) in [6.07, 6.45) is 0.713. The van der Waals surface area contributed by atoms with Crippen LogP contribution in [0.3, 0.4) is 0 Å². The van der Waals surface area contributed by atoms with Crippen molar-refractivity contribution in [2.45, 2.75) is 6.42 Å². The lowest BCUT2D eigenvalue weighted by Crippen LogP contribution is -2.02. The number of carbonyl (C=O) groups is 1. The molecule has 0 aromatic heterocycles. The number of carboxylic acids is 1. The van der Waals surface area contributed by atoms with Gasteiger partial charge in [-0.25, -0.2) is 4.79 Å². The molecule has 0 amide bonds. The first-order chi connectivity index (χ1) is 8.70. The summed E-state index contributed by atoms with van der Waals surface area (Å²) in [4.78, 5) is 11.1. The van der Waals surface area contributed by atoms with Gasteiger partial charge in [0.15, 0.2) is 0 Å². The smallest absolute Gasteiger partial charge is 0.339 e. The molecule has 0 atom stereocenters. The number of carboxylic acid groups (broad SMARTS) is 1. The van der Waals surface area contributed by atoms with Crippen molar-refractivity contribution < 1.29 is 14.6 Å². The molecule has 0 aliphatic carbocycles. The number of aromatic carboxylic acids is 1. The fraction of sp³-hybridized carbons (Fsp3) is 0.133. The lowest BCUT2D eigenvalue weighted by molar-refractivity contribution is 0.0693. The number of methoxy groups -OCH3 is 1. The molecular weight excluding hydrogens is 228 g/mol. The zero-order valence-electron chi connectivity index (χ0n) is 10.1. The Kier molecular flexibility index (Phi) is 3.63. The minimum Gasteiger partial charge on any atom is -0.496 e. The number of hydrogen-bond donors (Lipinski definition) is 1. The van der Waals surface area contributed by atoms with Crippen LogP contribution in [-0.4, -0.2) is 18.2 Å². The molecule has 0 aliphatic heterocycles. The summed E-state index contributed by atoms with van der Waals surface area (Å²) >= 11 is 0. The average Bonchev–Trinajstić information content (AvgIpc) is 2.40. The van der Waals surface area contributed by atoms with Crippen LogP contribution < -0.4 is 4.74 Å². The summed E-state index contributed by atoms with van der Waals surface area (Å²) in [6.45, 7) is 0. The quantitative estimate of drug-likeness (QED) is 0.896. The molecule has 0 heterocycles. The fourth-order valence-corrected chi connectivity index (χ4v) is 1.86. The minimum atomic E-state index is -0.971. The molecule has 3 heteroatoms. The summed E-state index contributed by atoms with van der Waals surface area (Å²) in [5.74, 6) is -0.582. The molecule has 0 unspecified atom stereocenters. The van der Waals surface area contributed by atoms with E-state index in [-0.39, 0.29) is 5.56 Å². The van der Waals surface area contributed by atoms with E-state index >= 15 is 0 Å². The molecule has 0 aliphatic rings. The molecule has 2 rings (SSSR count). The van der Waals surface area contributed by atoms with Crippen molar-refractivity contribution in [3.8, 4) is 5.75 Å². The largest absolute Gasteiger partial charge is 0.496 e. The van der Waals surface area contributed by atoms with Gasteiger partial charge in [-0.05, 0) is 29.7 Å². The number of benzene rings is 2. The van der Waals surface area contributed by atoms with E-state index in [0.29, 0.717) is 12.2 Å². The van der Waals surface area contributed by atoms with Gasteiger partial charge in [0.1, 0.15) is 11.3 Å². The Morgan fingerprint density at radius 3 is 2.44 bits per heavy atom. The van der Waals surface area contributed by atoms with Gasteiger partial charge in [-0.3, -0.25) is 0 Å². The summed E-state index contributed by atoms with van der Waals surface area (Å²) in [5.41, 5.74) is 2.31. The molecule has 3 nitrogen and oxygen atoms in total. The SMILES string of the molecule is COc1ccc(Cc2ccccc2)cc1C(=O)O. The lowest BCUT2D eigenvalue weighted by Gasteiger charge is -2.07. The maximum atomic E-state index is 11.1. The second-order valence-electron chi connectivity index (χ2n) is 4.00. The maximum absolute atomic E-state index is 11.1. The van der Waals surface area contributed by atoms with Crippen LogP contribution in [0.25, 0.3) is 0 Å². The van der Waals surface area contributed by atoms with Crippen LogP contribution in [0.15, 0.2) is 48.5 Å². The van der Waals surface area contributed by atoms with E-state index < -0.39 is 5.97 Å². The van der Waals surface area contributed by atoms with Crippen molar-refractivity contribution in [3.05, 3.63) is 65.2 Å². The normalized spacial score (nSPS) is 10.1.